The first kappa shape index (κ1) is 32.0. The average molecular weight is 714 g/mol. The molecule has 56 heavy (non-hydrogen) atoms. The standard InChI is InChI=1S/C54H35NO/c1-2-13-38(14-3-1)47-33-30-41(46-24-11-19-37-16-5-8-21-44(37)46)35-51(47)55(42-31-27-40(28-32-42)45-23-10-18-36-15-4-7-20-43(36)45)50-25-12-26-52-53(50)49-34-29-39-17-6-9-22-48(39)54(49)56-52/h1-35H. The molecule has 0 bridgehead atoms. The summed E-state index contributed by atoms with van der Waals surface area (Å²) in [4.78, 5) is 2.44. The molecule has 11 rings (SSSR count). The topological polar surface area (TPSA) is 16.4 Å². The van der Waals surface area contributed by atoms with Crippen LogP contribution in [0, 0.1) is 0 Å². The molecular formula is C54H35NO. The Morgan fingerprint density at radius 1 is 0.321 bits per heavy atom. The molecule has 2 nitrogen and oxygen atoms in total. The summed E-state index contributed by atoms with van der Waals surface area (Å²) in [6.07, 6.45) is 0. The molecule has 2 heteroatoms. The van der Waals surface area contributed by atoms with Crippen molar-refractivity contribution in [1.82, 2.24) is 0 Å². The number of furan rings is 1. The molecule has 0 aliphatic carbocycles. The van der Waals surface area contributed by atoms with Crippen LogP contribution in [-0.4, -0.2) is 0 Å². The van der Waals surface area contributed by atoms with Crippen molar-refractivity contribution in [3.63, 3.8) is 0 Å². The van der Waals surface area contributed by atoms with Crippen LogP contribution in [0.1, 0.15) is 0 Å². The molecule has 1 heterocycles. The van der Waals surface area contributed by atoms with Gasteiger partial charge in [0.15, 0.2) is 0 Å². The second kappa shape index (κ2) is 13.2. The van der Waals surface area contributed by atoms with E-state index in [2.05, 4.69) is 217 Å². The first-order valence-electron chi connectivity index (χ1n) is 19.2. The molecule has 0 amide bonds. The van der Waals surface area contributed by atoms with Gasteiger partial charge in [0.2, 0.25) is 0 Å². The van der Waals surface area contributed by atoms with Crippen molar-refractivity contribution >= 4 is 71.3 Å². The molecule has 10 aromatic carbocycles. The molecule has 0 N–H and O–H groups in total. The fourth-order valence-corrected chi connectivity index (χ4v) is 8.62. The maximum Gasteiger partial charge on any atom is 0.143 e. The lowest BCUT2D eigenvalue weighted by Gasteiger charge is -2.29. The number of anilines is 3. The van der Waals surface area contributed by atoms with Crippen molar-refractivity contribution in [1.29, 1.82) is 0 Å². The Labute approximate surface area is 325 Å². The van der Waals surface area contributed by atoms with Gasteiger partial charge in [-0.1, -0.05) is 176 Å². The lowest BCUT2D eigenvalue weighted by molar-refractivity contribution is 0.672. The maximum absolute atomic E-state index is 6.78. The summed E-state index contributed by atoms with van der Waals surface area (Å²) in [6, 6.07) is 76.5. The first-order valence-corrected chi connectivity index (χ1v) is 19.2. The van der Waals surface area contributed by atoms with Crippen LogP contribution in [0.5, 0.6) is 0 Å². The van der Waals surface area contributed by atoms with Gasteiger partial charge in [-0.05, 0) is 91.1 Å². The van der Waals surface area contributed by atoms with Crippen molar-refractivity contribution < 1.29 is 4.42 Å². The zero-order chi connectivity index (χ0) is 37.0. The van der Waals surface area contributed by atoms with Crippen molar-refractivity contribution in [3.05, 3.63) is 212 Å². The van der Waals surface area contributed by atoms with Gasteiger partial charge in [0.05, 0.1) is 16.8 Å². The molecule has 0 saturated heterocycles. The summed E-state index contributed by atoms with van der Waals surface area (Å²) in [5.74, 6) is 0. The predicted molar refractivity (Wildman–Crippen MR) is 237 cm³/mol. The van der Waals surface area contributed by atoms with E-state index in [9.17, 15) is 0 Å². The van der Waals surface area contributed by atoms with E-state index < -0.39 is 0 Å². The third kappa shape index (κ3) is 5.26. The second-order valence-electron chi connectivity index (χ2n) is 14.4. The summed E-state index contributed by atoms with van der Waals surface area (Å²) in [5, 5.41) is 9.39. The molecule has 0 spiro atoms. The van der Waals surface area contributed by atoms with Crippen LogP contribution in [0.4, 0.5) is 17.1 Å². The Balaban J connectivity index is 1.20. The van der Waals surface area contributed by atoms with Crippen molar-refractivity contribution in [3.8, 4) is 33.4 Å². The molecule has 0 saturated carbocycles. The van der Waals surface area contributed by atoms with Gasteiger partial charge in [-0.2, -0.15) is 0 Å². The van der Waals surface area contributed by atoms with Gasteiger partial charge >= 0.3 is 0 Å². The highest BCUT2D eigenvalue weighted by molar-refractivity contribution is 6.20. The Morgan fingerprint density at radius 2 is 0.875 bits per heavy atom. The summed E-state index contributed by atoms with van der Waals surface area (Å²) in [6.45, 7) is 0. The van der Waals surface area contributed by atoms with Crippen molar-refractivity contribution in [2.75, 3.05) is 4.90 Å². The normalized spacial score (nSPS) is 11.6. The highest BCUT2D eigenvalue weighted by Crippen LogP contribution is 2.48. The first-order chi connectivity index (χ1) is 27.8. The molecule has 262 valence electrons. The molecule has 0 aliphatic rings. The largest absolute Gasteiger partial charge is 0.455 e. The van der Waals surface area contributed by atoms with E-state index in [1.165, 1.54) is 38.2 Å². The number of benzene rings is 10. The Bertz CT molecular complexity index is 3240. The van der Waals surface area contributed by atoms with Crippen molar-refractivity contribution in [2.45, 2.75) is 0 Å². The van der Waals surface area contributed by atoms with Crippen LogP contribution in [0.15, 0.2) is 217 Å². The average Bonchev–Trinajstić information content (AvgIpc) is 3.67. The number of hydrogen-bond acceptors (Lipinski definition) is 2. The Kier molecular flexibility index (Phi) is 7.53. The quantitative estimate of drug-likeness (QED) is 0.171. The fourth-order valence-electron chi connectivity index (χ4n) is 8.62. The number of hydrogen-bond donors (Lipinski definition) is 0. The van der Waals surface area contributed by atoms with Gasteiger partial charge in [0.25, 0.3) is 0 Å². The van der Waals surface area contributed by atoms with E-state index in [0.29, 0.717) is 0 Å². The van der Waals surface area contributed by atoms with E-state index in [1.807, 2.05) is 0 Å². The summed E-state index contributed by atoms with van der Waals surface area (Å²) >= 11 is 0. The zero-order valence-corrected chi connectivity index (χ0v) is 30.6. The third-order valence-electron chi connectivity index (χ3n) is 11.3. The van der Waals surface area contributed by atoms with Crippen molar-refractivity contribution in [2.24, 2.45) is 0 Å². The minimum absolute atomic E-state index is 0.859. The molecule has 1 aromatic heterocycles. The van der Waals surface area contributed by atoms with E-state index in [1.54, 1.807) is 0 Å². The van der Waals surface area contributed by atoms with E-state index in [4.69, 9.17) is 4.42 Å². The predicted octanol–water partition coefficient (Wildman–Crippen LogP) is 15.5. The van der Waals surface area contributed by atoms with Gasteiger partial charge in [-0.15, -0.1) is 0 Å². The number of rotatable bonds is 6. The monoisotopic (exact) mass is 713 g/mol. The van der Waals surface area contributed by atoms with E-state index >= 15 is 0 Å². The molecule has 0 atom stereocenters. The van der Waals surface area contributed by atoms with E-state index in [-0.39, 0.29) is 0 Å². The smallest absolute Gasteiger partial charge is 0.143 e. The van der Waals surface area contributed by atoms with Crippen LogP contribution in [0.25, 0.3) is 87.6 Å². The summed E-state index contributed by atoms with van der Waals surface area (Å²) in [5.41, 5.74) is 12.0. The van der Waals surface area contributed by atoms with Crippen LogP contribution in [0.3, 0.4) is 0 Å². The van der Waals surface area contributed by atoms with Crippen LogP contribution >= 0.6 is 0 Å². The van der Waals surface area contributed by atoms with Crippen LogP contribution in [-0.2, 0) is 0 Å². The SMILES string of the molecule is c1ccc(-c2ccc(-c3cccc4ccccc34)cc2N(c2ccc(-c3cccc4ccccc34)cc2)c2cccc3oc4c5ccccc5ccc4c23)cc1. The molecule has 0 unspecified atom stereocenters. The maximum atomic E-state index is 6.78. The molecule has 0 aliphatic heterocycles. The summed E-state index contributed by atoms with van der Waals surface area (Å²) < 4.78 is 6.78. The van der Waals surface area contributed by atoms with Crippen LogP contribution < -0.4 is 4.90 Å². The third-order valence-corrected chi connectivity index (χ3v) is 11.3. The number of fused-ring (bicyclic) bond motifs is 7. The second-order valence-corrected chi connectivity index (χ2v) is 14.4. The molecule has 0 fully saturated rings. The van der Waals surface area contributed by atoms with Gasteiger partial charge in [-0.25, -0.2) is 0 Å². The highest BCUT2D eigenvalue weighted by atomic mass is 16.3. The minimum atomic E-state index is 0.859. The molecule has 11 aromatic rings. The minimum Gasteiger partial charge on any atom is -0.455 e. The highest BCUT2D eigenvalue weighted by Gasteiger charge is 2.24. The van der Waals surface area contributed by atoms with Gasteiger partial charge < -0.3 is 9.32 Å². The zero-order valence-electron chi connectivity index (χ0n) is 30.6. The van der Waals surface area contributed by atoms with Crippen LogP contribution in [0.2, 0.25) is 0 Å². The Morgan fingerprint density at radius 3 is 1.59 bits per heavy atom. The Hall–Kier alpha value is -7.42. The lowest BCUT2D eigenvalue weighted by atomic mass is 9.93. The summed E-state index contributed by atoms with van der Waals surface area (Å²) in [7, 11) is 0. The molecular weight excluding hydrogens is 679 g/mol. The van der Waals surface area contributed by atoms with Gasteiger partial charge in [0, 0.05) is 22.0 Å². The molecule has 0 radical (unpaired) electrons. The van der Waals surface area contributed by atoms with E-state index in [0.717, 1.165) is 66.5 Å². The van der Waals surface area contributed by atoms with Gasteiger partial charge in [0.1, 0.15) is 11.2 Å². The fraction of sp³-hybridized carbons (Fsp3) is 0. The van der Waals surface area contributed by atoms with Gasteiger partial charge in [-0.3, -0.25) is 0 Å². The number of nitrogens with zero attached hydrogens (tertiary/aromatic N) is 1. The lowest BCUT2D eigenvalue weighted by Crippen LogP contribution is -2.12.